The molecule has 1 saturated heterocycles. The van der Waals surface area contributed by atoms with Crippen molar-refractivity contribution >= 4 is 20.6 Å². The molecule has 2 aliphatic rings. The van der Waals surface area contributed by atoms with Crippen molar-refractivity contribution in [3.63, 3.8) is 0 Å². The molecule has 0 bridgehead atoms. The molecule has 0 spiro atoms. The number of hydrogen-bond acceptors (Lipinski definition) is 4. The monoisotopic (exact) mass is 399 g/mol. The van der Waals surface area contributed by atoms with E-state index in [1.165, 1.54) is 16.6 Å². The Morgan fingerprint density at radius 3 is 2.50 bits per heavy atom. The van der Waals surface area contributed by atoms with E-state index in [9.17, 15) is 12.8 Å². The standard InChI is InChI=1S/C21H22FN3O2S/c22-20-15-19(24-13-10-23-11-14-24)9-8-18(20)16-25-12-4-7-21(28(25,26)27)17-5-2-1-3-6-17/h1-9,12,15,23H,10-11,13-14,16H2. The summed E-state index contributed by atoms with van der Waals surface area (Å²) in [6.45, 7) is 3.35. The SMILES string of the molecule is O=S1(=O)C(c2ccccc2)=CC=CN1Cc1ccc(N2CCNCC2)cc1F. The summed E-state index contributed by atoms with van der Waals surface area (Å²) in [6, 6.07) is 14.0. The second-order valence-electron chi connectivity index (χ2n) is 6.80. The maximum absolute atomic E-state index is 14.7. The maximum atomic E-state index is 14.7. The molecule has 0 amide bonds. The lowest BCUT2D eigenvalue weighted by atomic mass is 10.1. The summed E-state index contributed by atoms with van der Waals surface area (Å²) in [6.07, 6.45) is 4.73. The van der Waals surface area contributed by atoms with E-state index in [1.54, 1.807) is 42.5 Å². The number of allylic oxidation sites excluding steroid dienone is 2. The largest absolute Gasteiger partial charge is 0.369 e. The number of benzene rings is 2. The van der Waals surface area contributed by atoms with Gasteiger partial charge < -0.3 is 10.2 Å². The normalized spacial score (nSPS) is 18.8. The third-order valence-electron chi connectivity index (χ3n) is 4.99. The fourth-order valence-corrected chi connectivity index (χ4v) is 4.93. The van der Waals surface area contributed by atoms with Crippen molar-refractivity contribution in [1.82, 2.24) is 9.62 Å². The molecule has 0 aliphatic carbocycles. The maximum Gasteiger partial charge on any atom is 0.264 e. The fourth-order valence-electron chi connectivity index (χ4n) is 3.46. The summed E-state index contributed by atoms with van der Waals surface area (Å²) in [4.78, 5) is 2.34. The average Bonchev–Trinajstić information content (AvgIpc) is 2.72. The van der Waals surface area contributed by atoms with Crippen molar-refractivity contribution in [2.75, 3.05) is 31.1 Å². The van der Waals surface area contributed by atoms with Gasteiger partial charge in [-0.05, 0) is 29.8 Å². The summed E-state index contributed by atoms with van der Waals surface area (Å²) < 4.78 is 41.9. The second-order valence-corrected chi connectivity index (χ2v) is 8.66. The van der Waals surface area contributed by atoms with Crippen LogP contribution in [-0.4, -0.2) is 38.9 Å². The van der Waals surface area contributed by atoms with Crippen molar-refractivity contribution in [3.05, 3.63) is 83.8 Å². The Hall–Kier alpha value is -2.64. The summed E-state index contributed by atoms with van der Waals surface area (Å²) in [7, 11) is -3.74. The molecule has 1 fully saturated rings. The highest BCUT2D eigenvalue weighted by Crippen LogP contribution is 2.30. The van der Waals surface area contributed by atoms with Gasteiger partial charge in [-0.2, -0.15) is 0 Å². The zero-order valence-corrected chi connectivity index (χ0v) is 16.2. The molecule has 2 aromatic carbocycles. The molecule has 2 aliphatic heterocycles. The van der Waals surface area contributed by atoms with Gasteiger partial charge in [0.1, 0.15) is 5.82 Å². The number of anilines is 1. The number of nitrogens with one attached hydrogen (secondary N) is 1. The van der Waals surface area contributed by atoms with E-state index in [0.29, 0.717) is 11.1 Å². The van der Waals surface area contributed by atoms with E-state index in [4.69, 9.17) is 0 Å². The van der Waals surface area contributed by atoms with Gasteiger partial charge in [-0.1, -0.05) is 36.4 Å². The van der Waals surface area contributed by atoms with Crippen LogP contribution in [0.1, 0.15) is 11.1 Å². The molecule has 7 heteroatoms. The Bertz CT molecular complexity index is 1010. The molecule has 146 valence electrons. The predicted octanol–water partition coefficient (Wildman–Crippen LogP) is 2.94. The molecular formula is C21H22FN3O2S. The van der Waals surface area contributed by atoms with Gasteiger partial charge in [-0.3, -0.25) is 4.31 Å². The Morgan fingerprint density at radius 2 is 1.79 bits per heavy atom. The van der Waals surface area contributed by atoms with Gasteiger partial charge in [-0.15, -0.1) is 0 Å². The van der Waals surface area contributed by atoms with Crippen LogP contribution >= 0.6 is 0 Å². The molecule has 0 atom stereocenters. The highest BCUT2D eigenvalue weighted by molar-refractivity contribution is 7.98. The lowest BCUT2D eigenvalue weighted by molar-refractivity contribution is 0.491. The average molecular weight is 399 g/mol. The van der Waals surface area contributed by atoms with Crippen LogP contribution in [0.25, 0.3) is 4.91 Å². The Morgan fingerprint density at radius 1 is 1.04 bits per heavy atom. The van der Waals surface area contributed by atoms with Gasteiger partial charge in [0.2, 0.25) is 0 Å². The Kier molecular flexibility index (Phi) is 5.19. The first-order chi connectivity index (χ1) is 13.6. The molecule has 0 unspecified atom stereocenters. The quantitative estimate of drug-likeness (QED) is 0.859. The highest BCUT2D eigenvalue weighted by atomic mass is 32.2. The third kappa shape index (κ3) is 3.68. The fraction of sp³-hybridized carbons (Fsp3) is 0.238. The molecule has 0 aromatic heterocycles. The van der Waals surface area contributed by atoms with E-state index in [2.05, 4.69) is 10.2 Å². The number of piperazine rings is 1. The summed E-state index contributed by atoms with van der Waals surface area (Å²) >= 11 is 0. The van der Waals surface area contributed by atoms with Gasteiger partial charge in [0.15, 0.2) is 0 Å². The molecule has 0 saturated carbocycles. The van der Waals surface area contributed by atoms with Crippen LogP contribution in [0.3, 0.4) is 0 Å². The van der Waals surface area contributed by atoms with Gasteiger partial charge in [0.05, 0.1) is 11.4 Å². The first kappa shape index (κ1) is 18.7. The van der Waals surface area contributed by atoms with Crippen molar-refractivity contribution < 1.29 is 12.8 Å². The van der Waals surface area contributed by atoms with E-state index in [1.807, 2.05) is 12.1 Å². The Balaban J connectivity index is 1.56. The molecule has 5 nitrogen and oxygen atoms in total. The zero-order chi connectivity index (χ0) is 19.6. The highest BCUT2D eigenvalue weighted by Gasteiger charge is 2.28. The van der Waals surface area contributed by atoms with E-state index in [0.717, 1.165) is 31.9 Å². The van der Waals surface area contributed by atoms with Crippen LogP contribution in [0.5, 0.6) is 0 Å². The lowest BCUT2D eigenvalue weighted by Crippen LogP contribution is -2.43. The number of sulfonamides is 1. The number of rotatable bonds is 4. The van der Waals surface area contributed by atoms with E-state index in [-0.39, 0.29) is 11.4 Å². The van der Waals surface area contributed by atoms with Gasteiger partial charge in [-0.25, -0.2) is 12.8 Å². The van der Waals surface area contributed by atoms with Crippen LogP contribution in [-0.2, 0) is 16.6 Å². The second kappa shape index (κ2) is 7.77. The van der Waals surface area contributed by atoms with Crippen LogP contribution in [0.4, 0.5) is 10.1 Å². The molecule has 2 heterocycles. The number of halogens is 1. The Labute approximate surface area is 164 Å². The van der Waals surface area contributed by atoms with Crippen LogP contribution < -0.4 is 10.2 Å². The van der Waals surface area contributed by atoms with Crippen LogP contribution in [0.2, 0.25) is 0 Å². The smallest absolute Gasteiger partial charge is 0.264 e. The first-order valence-corrected chi connectivity index (χ1v) is 10.7. The minimum absolute atomic E-state index is 0.0450. The molecule has 28 heavy (non-hydrogen) atoms. The third-order valence-corrected chi connectivity index (χ3v) is 6.79. The minimum Gasteiger partial charge on any atom is -0.369 e. The zero-order valence-electron chi connectivity index (χ0n) is 15.4. The molecule has 2 aromatic rings. The van der Waals surface area contributed by atoms with Crippen LogP contribution in [0.15, 0.2) is 66.9 Å². The summed E-state index contributed by atoms with van der Waals surface area (Å²) in [5, 5.41) is 3.27. The topological polar surface area (TPSA) is 52.7 Å². The molecule has 1 N–H and O–H groups in total. The van der Waals surface area contributed by atoms with Crippen molar-refractivity contribution in [2.24, 2.45) is 0 Å². The number of nitrogens with zero attached hydrogens (tertiary/aromatic N) is 2. The molecule has 0 radical (unpaired) electrons. The lowest BCUT2D eigenvalue weighted by Gasteiger charge is -2.30. The van der Waals surface area contributed by atoms with Crippen molar-refractivity contribution in [2.45, 2.75) is 6.54 Å². The van der Waals surface area contributed by atoms with Gasteiger partial charge >= 0.3 is 0 Å². The van der Waals surface area contributed by atoms with Crippen molar-refractivity contribution in [1.29, 1.82) is 0 Å². The van der Waals surface area contributed by atoms with E-state index >= 15 is 0 Å². The number of hydrogen-bond donors (Lipinski definition) is 1. The van der Waals surface area contributed by atoms with Gasteiger partial charge in [0.25, 0.3) is 10.0 Å². The van der Waals surface area contributed by atoms with Gasteiger partial charge in [0, 0.05) is 43.6 Å². The molecule has 4 rings (SSSR count). The predicted molar refractivity (Wildman–Crippen MR) is 110 cm³/mol. The summed E-state index contributed by atoms with van der Waals surface area (Å²) in [5.41, 5.74) is 1.79. The summed E-state index contributed by atoms with van der Waals surface area (Å²) in [5.74, 6) is -0.393. The molecular weight excluding hydrogens is 377 g/mol. The van der Waals surface area contributed by atoms with Crippen LogP contribution in [0, 0.1) is 5.82 Å². The van der Waals surface area contributed by atoms with E-state index < -0.39 is 15.8 Å². The van der Waals surface area contributed by atoms with Crippen molar-refractivity contribution in [3.8, 4) is 0 Å². The first-order valence-electron chi connectivity index (χ1n) is 9.25. The minimum atomic E-state index is -3.74.